The fraction of sp³-hybridized carbons (Fsp3) is 0.278. The van der Waals surface area contributed by atoms with Crippen molar-refractivity contribution < 1.29 is 24.1 Å². The summed E-state index contributed by atoms with van der Waals surface area (Å²) in [6, 6.07) is 12.5. The Morgan fingerprint density at radius 1 is 1.04 bits per heavy atom. The summed E-state index contributed by atoms with van der Waals surface area (Å²) in [5.74, 6) is 1.06. The minimum Gasteiger partial charge on any atom is -0.493 e. The first-order chi connectivity index (χ1) is 11.6. The third-order valence-corrected chi connectivity index (χ3v) is 3.53. The van der Waals surface area contributed by atoms with Gasteiger partial charge < -0.3 is 19.3 Å². The Hall–Kier alpha value is -2.40. The largest absolute Gasteiger partial charge is 0.493 e. The number of carboxylic acid groups (broad SMARTS) is 1. The van der Waals surface area contributed by atoms with Crippen molar-refractivity contribution in [3.05, 3.63) is 53.1 Å². The Morgan fingerprint density at radius 3 is 2.42 bits per heavy atom. The van der Waals surface area contributed by atoms with E-state index < -0.39 is 5.97 Å². The number of carboxylic acids is 1. The van der Waals surface area contributed by atoms with Crippen molar-refractivity contribution in [1.29, 1.82) is 0 Å². The smallest absolute Gasteiger partial charge is 0.303 e. The Kier molecular flexibility index (Phi) is 6.75. The first kappa shape index (κ1) is 17.9. The Labute approximate surface area is 145 Å². The topological polar surface area (TPSA) is 65.0 Å². The maximum atomic E-state index is 10.6. The molecular weight excluding hydrogens is 332 g/mol. The number of rotatable bonds is 9. The van der Waals surface area contributed by atoms with Crippen LogP contribution >= 0.6 is 11.6 Å². The molecule has 0 aliphatic rings. The van der Waals surface area contributed by atoms with E-state index in [4.69, 9.17) is 30.9 Å². The molecule has 0 aliphatic heterocycles. The van der Waals surface area contributed by atoms with E-state index in [1.807, 2.05) is 6.07 Å². The van der Waals surface area contributed by atoms with Gasteiger partial charge >= 0.3 is 5.97 Å². The number of benzene rings is 2. The normalized spacial score (nSPS) is 10.2. The second-order valence-electron chi connectivity index (χ2n) is 5.03. The first-order valence-corrected chi connectivity index (χ1v) is 7.86. The van der Waals surface area contributed by atoms with Crippen molar-refractivity contribution in [2.45, 2.75) is 12.8 Å². The van der Waals surface area contributed by atoms with Gasteiger partial charge in [0.2, 0.25) is 0 Å². The van der Waals surface area contributed by atoms with Crippen LogP contribution in [0.4, 0.5) is 0 Å². The van der Waals surface area contributed by atoms with E-state index in [1.54, 1.807) is 43.5 Å². The molecule has 0 aromatic heterocycles. The first-order valence-electron chi connectivity index (χ1n) is 7.48. The summed E-state index contributed by atoms with van der Waals surface area (Å²) < 4.78 is 16.5. The Morgan fingerprint density at radius 2 is 1.75 bits per heavy atom. The molecule has 2 aromatic rings. The molecule has 24 heavy (non-hydrogen) atoms. The quantitative estimate of drug-likeness (QED) is 0.696. The van der Waals surface area contributed by atoms with Crippen molar-refractivity contribution in [2.75, 3.05) is 20.3 Å². The van der Waals surface area contributed by atoms with Crippen molar-refractivity contribution in [3.63, 3.8) is 0 Å². The number of aliphatic carboxylic acids is 1. The lowest BCUT2D eigenvalue weighted by molar-refractivity contribution is -0.136. The van der Waals surface area contributed by atoms with Gasteiger partial charge in [-0.3, -0.25) is 4.79 Å². The molecule has 0 aliphatic carbocycles. The molecule has 5 nitrogen and oxygen atoms in total. The molecule has 0 fully saturated rings. The van der Waals surface area contributed by atoms with Crippen molar-refractivity contribution in [2.24, 2.45) is 0 Å². The van der Waals surface area contributed by atoms with Gasteiger partial charge in [-0.15, -0.1) is 0 Å². The van der Waals surface area contributed by atoms with Gasteiger partial charge in [0, 0.05) is 11.4 Å². The molecule has 1 N–H and O–H groups in total. The second kappa shape index (κ2) is 9.03. The zero-order chi connectivity index (χ0) is 17.4. The highest BCUT2D eigenvalue weighted by atomic mass is 35.5. The zero-order valence-electron chi connectivity index (χ0n) is 13.3. The van der Waals surface area contributed by atoms with Gasteiger partial charge in [0.05, 0.1) is 7.11 Å². The van der Waals surface area contributed by atoms with Gasteiger partial charge in [-0.1, -0.05) is 17.7 Å². The van der Waals surface area contributed by atoms with Crippen LogP contribution in [0.25, 0.3) is 0 Å². The third-order valence-electron chi connectivity index (χ3n) is 3.28. The Bertz CT molecular complexity index is 670. The molecule has 2 rings (SSSR count). The number of hydrogen-bond donors (Lipinski definition) is 1. The van der Waals surface area contributed by atoms with E-state index in [9.17, 15) is 4.79 Å². The monoisotopic (exact) mass is 350 g/mol. The van der Waals surface area contributed by atoms with Crippen molar-refractivity contribution >= 4 is 17.6 Å². The van der Waals surface area contributed by atoms with Gasteiger partial charge in [0.1, 0.15) is 19.0 Å². The van der Waals surface area contributed by atoms with Gasteiger partial charge in [-0.25, -0.2) is 0 Å². The van der Waals surface area contributed by atoms with Crippen LogP contribution in [-0.2, 0) is 11.2 Å². The van der Waals surface area contributed by atoms with E-state index in [1.165, 1.54) is 0 Å². The van der Waals surface area contributed by atoms with Crippen LogP contribution in [0.5, 0.6) is 17.2 Å². The average molecular weight is 351 g/mol. The standard InChI is InChI=1S/C18H19ClO5/c1-22-17-12-13(3-9-18(20)21)2-8-16(17)24-11-10-23-15-6-4-14(19)5-7-15/h2,4-8,12H,3,9-11H2,1H3,(H,20,21). The van der Waals surface area contributed by atoms with Crippen LogP contribution in [0.15, 0.2) is 42.5 Å². The molecule has 0 heterocycles. The van der Waals surface area contributed by atoms with Crippen LogP contribution in [0, 0.1) is 0 Å². The SMILES string of the molecule is COc1cc(CCC(=O)O)ccc1OCCOc1ccc(Cl)cc1. The molecule has 2 aromatic carbocycles. The van der Waals surface area contributed by atoms with Gasteiger partial charge in [-0.2, -0.15) is 0 Å². The minimum atomic E-state index is -0.825. The van der Waals surface area contributed by atoms with E-state index in [-0.39, 0.29) is 6.42 Å². The number of methoxy groups -OCH3 is 1. The summed E-state index contributed by atoms with van der Waals surface area (Å²) in [6.07, 6.45) is 0.532. The maximum absolute atomic E-state index is 10.6. The van der Waals surface area contributed by atoms with Gasteiger partial charge in [0.25, 0.3) is 0 Å². The zero-order valence-corrected chi connectivity index (χ0v) is 14.1. The van der Waals surface area contributed by atoms with Crippen LogP contribution in [-0.4, -0.2) is 31.4 Å². The molecule has 0 saturated heterocycles. The summed E-state index contributed by atoms with van der Waals surface area (Å²) in [6.45, 7) is 0.735. The fourth-order valence-corrected chi connectivity index (χ4v) is 2.21. The highest BCUT2D eigenvalue weighted by Crippen LogP contribution is 2.28. The molecular formula is C18H19ClO5. The lowest BCUT2D eigenvalue weighted by atomic mass is 10.1. The summed E-state index contributed by atoms with van der Waals surface area (Å²) in [5, 5.41) is 9.39. The molecule has 0 atom stereocenters. The van der Waals surface area contributed by atoms with Crippen LogP contribution < -0.4 is 14.2 Å². The van der Waals surface area contributed by atoms with Crippen LogP contribution in [0.1, 0.15) is 12.0 Å². The highest BCUT2D eigenvalue weighted by molar-refractivity contribution is 6.30. The number of aryl methyl sites for hydroxylation is 1. The van der Waals surface area contributed by atoms with Crippen molar-refractivity contribution in [3.8, 4) is 17.2 Å². The molecule has 6 heteroatoms. The summed E-state index contributed by atoms with van der Waals surface area (Å²) in [7, 11) is 1.55. The van der Waals surface area contributed by atoms with Crippen LogP contribution in [0.2, 0.25) is 5.02 Å². The number of carbonyl (C=O) groups is 1. The fourth-order valence-electron chi connectivity index (χ4n) is 2.08. The third kappa shape index (κ3) is 5.66. The second-order valence-corrected chi connectivity index (χ2v) is 5.47. The predicted molar refractivity (Wildman–Crippen MR) is 91.4 cm³/mol. The molecule has 0 saturated carbocycles. The summed E-state index contributed by atoms with van der Waals surface area (Å²) >= 11 is 5.81. The van der Waals surface area contributed by atoms with Gasteiger partial charge in [-0.05, 0) is 48.4 Å². The average Bonchev–Trinajstić information content (AvgIpc) is 2.59. The van der Waals surface area contributed by atoms with E-state index >= 15 is 0 Å². The molecule has 128 valence electrons. The number of ether oxygens (including phenoxy) is 3. The van der Waals surface area contributed by atoms with Crippen molar-refractivity contribution in [1.82, 2.24) is 0 Å². The number of halogens is 1. The summed E-state index contributed by atoms with van der Waals surface area (Å²) in [4.78, 5) is 10.6. The lowest BCUT2D eigenvalue weighted by Gasteiger charge is -2.12. The summed E-state index contributed by atoms with van der Waals surface area (Å²) in [5.41, 5.74) is 0.888. The van der Waals surface area contributed by atoms with E-state index in [2.05, 4.69) is 0 Å². The van der Waals surface area contributed by atoms with E-state index in [0.717, 1.165) is 11.3 Å². The van der Waals surface area contributed by atoms with Gasteiger partial charge in [0.15, 0.2) is 11.5 Å². The predicted octanol–water partition coefficient (Wildman–Crippen LogP) is 3.82. The molecule has 0 radical (unpaired) electrons. The Balaban J connectivity index is 1.85. The number of hydrogen-bond acceptors (Lipinski definition) is 4. The minimum absolute atomic E-state index is 0.0816. The maximum Gasteiger partial charge on any atom is 0.303 e. The van der Waals surface area contributed by atoms with Crippen LogP contribution in [0.3, 0.4) is 0 Å². The molecule has 0 spiro atoms. The highest BCUT2D eigenvalue weighted by Gasteiger charge is 2.07. The molecule has 0 amide bonds. The van der Waals surface area contributed by atoms with E-state index in [0.29, 0.717) is 36.2 Å². The lowest BCUT2D eigenvalue weighted by Crippen LogP contribution is -2.09. The molecule has 0 unspecified atom stereocenters. The molecule has 0 bridgehead atoms.